The summed E-state index contributed by atoms with van der Waals surface area (Å²) >= 11 is 1.79. The van der Waals surface area contributed by atoms with Gasteiger partial charge in [0.1, 0.15) is 5.75 Å². The van der Waals surface area contributed by atoms with Crippen molar-refractivity contribution in [2.75, 3.05) is 19.0 Å². The number of thiophene rings is 1. The Hall–Kier alpha value is -2.79. The zero-order valence-electron chi connectivity index (χ0n) is 16.1. The summed E-state index contributed by atoms with van der Waals surface area (Å²) in [7, 11) is 1.68. The molecular formula is C23H24N2O2S. The topological polar surface area (TPSA) is 41.6 Å². The van der Waals surface area contributed by atoms with Gasteiger partial charge in [-0.05, 0) is 58.8 Å². The Balaban J connectivity index is 1.51. The molecule has 5 heteroatoms. The van der Waals surface area contributed by atoms with Crippen LogP contribution in [0.25, 0.3) is 0 Å². The van der Waals surface area contributed by atoms with Crippen LogP contribution in [0.1, 0.15) is 34.5 Å². The highest BCUT2D eigenvalue weighted by Crippen LogP contribution is 2.38. The van der Waals surface area contributed by atoms with Crippen molar-refractivity contribution in [2.45, 2.75) is 25.9 Å². The van der Waals surface area contributed by atoms with Gasteiger partial charge in [0, 0.05) is 30.6 Å². The van der Waals surface area contributed by atoms with E-state index >= 15 is 0 Å². The Morgan fingerprint density at radius 3 is 2.79 bits per heavy atom. The third-order valence-corrected chi connectivity index (χ3v) is 6.22. The number of hydrogen-bond donors (Lipinski definition) is 1. The van der Waals surface area contributed by atoms with E-state index in [1.54, 1.807) is 25.4 Å². The molecule has 0 radical (unpaired) electrons. The Kier molecular flexibility index (Phi) is 5.35. The zero-order valence-corrected chi connectivity index (χ0v) is 17.0. The first-order valence-corrected chi connectivity index (χ1v) is 10.3. The molecule has 1 N–H and O–H groups in total. The highest BCUT2D eigenvalue weighted by molar-refractivity contribution is 7.10. The van der Waals surface area contributed by atoms with E-state index in [9.17, 15) is 4.79 Å². The first-order valence-electron chi connectivity index (χ1n) is 9.46. The van der Waals surface area contributed by atoms with Crippen LogP contribution < -0.4 is 10.1 Å². The predicted molar refractivity (Wildman–Crippen MR) is 114 cm³/mol. The monoisotopic (exact) mass is 392 g/mol. The molecule has 28 heavy (non-hydrogen) atoms. The Morgan fingerprint density at radius 1 is 1.21 bits per heavy atom. The van der Waals surface area contributed by atoms with Gasteiger partial charge in [-0.3, -0.25) is 4.79 Å². The molecule has 2 aromatic carbocycles. The van der Waals surface area contributed by atoms with Crippen molar-refractivity contribution in [2.24, 2.45) is 0 Å². The maximum Gasteiger partial charge on any atom is 0.220 e. The van der Waals surface area contributed by atoms with Crippen LogP contribution in [-0.2, 0) is 17.8 Å². The van der Waals surface area contributed by atoms with Gasteiger partial charge in [0.2, 0.25) is 5.91 Å². The van der Waals surface area contributed by atoms with Crippen LogP contribution >= 0.6 is 11.3 Å². The number of anilines is 1. The van der Waals surface area contributed by atoms with Crippen molar-refractivity contribution < 1.29 is 9.53 Å². The molecule has 0 bridgehead atoms. The molecule has 144 valence electrons. The van der Waals surface area contributed by atoms with Gasteiger partial charge in [0.25, 0.3) is 0 Å². The number of nitrogens with zero attached hydrogens (tertiary/aromatic N) is 1. The highest BCUT2D eigenvalue weighted by atomic mass is 32.1. The minimum atomic E-state index is 0.0138. The molecule has 4 rings (SSSR count). The van der Waals surface area contributed by atoms with Crippen molar-refractivity contribution in [1.29, 1.82) is 0 Å². The van der Waals surface area contributed by atoms with Crippen molar-refractivity contribution in [3.8, 4) is 5.75 Å². The summed E-state index contributed by atoms with van der Waals surface area (Å²) in [5.74, 6) is 0.991. The van der Waals surface area contributed by atoms with Gasteiger partial charge in [-0.1, -0.05) is 24.3 Å². The van der Waals surface area contributed by atoms with Gasteiger partial charge in [-0.25, -0.2) is 0 Å². The third-order valence-electron chi connectivity index (χ3n) is 5.23. The molecule has 1 aliphatic heterocycles. The fraction of sp³-hybridized carbons (Fsp3) is 0.261. The molecule has 0 aliphatic carbocycles. The second-order valence-electron chi connectivity index (χ2n) is 6.99. The molecule has 0 spiro atoms. The number of nitrogens with one attached hydrogen (secondary N) is 1. The lowest BCUT2D eigenvalue weighted by molar-refractivity contribution is -0.130. The van der Waals surface area contributed by atoms with Gasteiger partial charge in [-0.2, -0.15) is 0 Å². The fourth-order valence-corrected chi connectivity index (χ4v) is 4.69. The second-order valence-corrected chi connectivity index (χ2v) is 7.99. The number of amides is 1. The van der Waals surface area contributed by atoms with Gasteiger partial charge in [0.15, 0.2) is 0 Å². The van der Waals surface area contributed by atoms with Gasteiger partial charge >= 0.3 is 0 Å². The van der Waals surface area contributed by atoms with E-state index in [2.05, 4.69) is 47.1 Å². The summed E-state index contributed by atoms with van der Waals surface area (Å²) < 4.78 is 5.28. The number of rotatable bonds is 5. The van der Waals surface area contributed by atoms with Crippen LogP contribution in [0.4, 0.5) is 5.69 Å². The van der Waals surface area contributed by atoms with Crippen LogP contribution in [0.2, 0.25) is 0 Å². The molecular weight excluding hydrogens is 368 g/mol. The Labute approximate surface area is 169 Å². The lowest BCUT2D eigenvalue weighted by Crippen LogP contribution is -2.38. The smallest absolute Gasteiger partial charge is 0.220 e. The van der Waals surface area contributed by atoms with Gasteiger partial charge in [-0.15, -0.1) is 11.3 Å². The second kappa shape index (κ2) is 8.07. The van der Waals surface area contributed by atoms with Crippen LogP contribution in [0.3, 0.4) is 0 Å². The average Bonchev–Trinajstić information content (AvgIpc) is 3.21. The molecule has 0 saturated heterocycles. The number of fused-ring (bicyclic) bond motifs is 1. The number of hydrogen-bond acceptors (Lipinski definition) is 4. The molecule has 1 aliphatic rings. The maximum absolute atomic E-state index is 12.2. The Morgan fingerprint density at radius 2 is 2.04 bits per heavy atom. The average molecular weight is 393 g/mol. The van der Waals surface area contributed by atoms with E-state index in [0.717, 1.165) is 36.5 Å². The SMILES string of the molecule is COc1cccc(CNc2ccc([C@@H]3c4ccsc4CCN3C(C)=O)cc2)c1. The molecule has 2 heterocycles. The molecule has 1 amide bonds. The number of carbonyl (C=O) groups excluding carboxylic acids is 1. The first-order chi connectivity index (χ1) is 13.7. The largest absolute Gasteiger partial charge is 0.497 e. The quantitative estimate of drug-likeness (QED) is 0.674. The highest BCUT2D eigenvalue weighted by Gasteiger charge is 2.31. The van der Waals surface area contributed by atoms with E-state index in [0.29, 0.717) is 0 Å². The van der Waals surface area contributed by atoms with Crippen molar-refractivity contribution in [1.82, 2.24) is 4.90 Å². The third kappa shape index (κ3) is 3.76. The molecule has 1 atom stereocenters. The van der Waals surface area contributed by atoms with Crippen molar-refractivity contribution in [3.05, 3.63) is 81.5 Å². The molecule has 3 aromatic rings. The van der Waals surface area contributed by atoms with E-state index in [1.807, 2.05) is 23.1 Å². The predicted octanol–water partition coefficient (Wildman–Crippen LogP) is 4.86. The maximum atomic E-state index is 12.2. The van der Waals surface area contributed by atoms with E-state index in [-0.39, 0.29) is 11.9 Å². The number of carbonyl (C=O) groups is 1. The standard InChI is InChI=1S/C23H24N2O2S/c1-16(26)25-12-10-22-21(11-13-28-22)23(25)18-6-8-19(9-7-18)24-15-17-4-3-5-20(14-17)27-2/h3-9,11,13-14,23-24H,10,12,15H2,1-2H3/t23-/m1/s1. The van der Waals surface area contributed by atoms with Crippen molar-refractivity contribution in [3.63, 3.8) is 0 Å². The number of ether oxygens (including phenoxy) is 1. The fourth-order valence-electron chi connectivity index (χ4n) is 3.78. The summed E-state index contributed by atoms with van der Waals surface area (Å²) in [5.41, 5.74) is 4.65. The van der Waals surface area contributed by atoms with Gasteiger partial charge in [0.05, 0.1) is 13.2 Å². The summed E-state index contributed by atoms with van der Waals surface area (Å²) in [6.45, 7) is 3.17. The van der Waals surface area contributed by atoms with E-state index in [1.165, 1.54) is 16.0 Å². The zero-order chi connectivity index (χ0) is 19.5. The molecule has 0 saturated carbocycles. The van der Waals surface area contributed by atoms with Gasteiger partial charge < -0.3 is 15.0 Å². The summed E-state index contributed by atoms with van der Waals surface area (Å²) in [6, 6.07) is 18.7. The van der Waals surface area contributed by atoms with E-state index < -0.39 is 0 Å². The van der Waals surface area contributed by atoms with Crippen LogP contribution in [0, 0.1) is 0 Å². The lowest BCUT2D eigenvalue weighted by Gasteiger charge is -2.35. The van der Waals surface area contributed by atoms with Crippen LogP contribution in [0.5, 0.6) is 5.75 Å². The van der Waals surface area contributed by atoms with Crippen molar-refractivity contribution >= 4 is 22.9 Å². The minimum absolute atomic E-state index is 0.0138. The number of benzene rings is 2. The minimum Gasteiger partial charge on any atom is -0.497 e. The normalized spacial score (nSPS) is 15.8. The molecule has 0 unspecified atom stereocenters. The van der Waals surface area contributed by atoms with Crippen LogP contribution in [0.15, 0.2) is 60.0 Å². The summed E-state index contributed by atoms with van der Waals surface area (Å²) in [5, 5.41) is 5.59. The molecule has 4 nitrogen and oxygen atoms in total. The first kappa shape index (κ1) is 18.6. The molecule has 1 aromatic heterocycles. The van der Waals surface area contributed by atoms with E-state index in [4.69, 9.17) is 4.74 Å². The lowest BCUT2D eigenvalue weighted by atomic mass is 9.93. The summed E-state index contributed by atoms with van der Waals surface area (Å²) in [4.78, 5) is 15.6. The Bertz CT molecular complexity index is 965. The molecule has 0 fully saturated rings. The summed E-state index contributed by atoms with van der Waals surface area (Å²) in [6.07, 6.45) is 0.948. The van der Waals surface area contributed by atoms with Crippen LogP contribution in [-0.4, -0.2) is 24.5 Å². The number of methoxy groups -OCH3 is 1.